The number of hydrogen-bond donors (Lipinski definition) is 2. The van der Waals surface area contributed by atoms with E-state index in [0.29, 0.717) is 23.6 Å². The van der Waals surface area contributed by atoms with E-state index in [-0.39, 0.29) is 22.8 Å². The van der Waals surface area contributed by atoms with Crippen LogP contribution in [0.2, 0.25) is 0 Å². The van der Waals surface area contributed by atoms with Crippen LogP contribution in [0, 0.1) is 0 Å². The zero-order valence-electron chi connectivity index (χ0n) is 18.0. The summed E-state index contributed by atoms with van der Waals surface area (Å²) in [4.78, 5) is 14.8. The molecule has 0 aliphatic rings. The van der Waals surface area contributed by atoms with Crippen LogP contribution < -0.4 is 5.32 Å². The SMILES string of the molecule is CCSC(c1nnc(-c2ccccc2C(=O)NCCCN(C)C)o1)c1ccccc1O. The minimum atomic E-state index is -0.292. The first-order chi connectivity index (χ1) is 15.0. The molecule has 7 nitrogen and oxygen atoms in total. The van der Waals surface area contributed by atoms with E-state index in [0.717, 1.165) is 24.3 Å². The third-order valence-electron chi connectivity index (χ3n) is 4.69. The van der Waals surface area contributed by atoms with Crippen molar-refractivity contribution in [3.8, 4) is 17.2 Å². The molecule has 1 atom stereocenters. The van der Waals surface area contributed by atoms with Gasteiger partial charge in [-0.15, -0.1) is 22.0 Å². The lowest BCUT2D eigenvalue weighted by atomic mass is 10.1. The Labute approximate surface area is 186 Å². The summed E-state index contributed by atoms with van der Waals surface area (Å²) in [6.45, 7) is 3.52. The second-order valence-corrected chi connectivity index (χ2v) is 8.68. The predicted molar refractivity (Wildman–Crippen MR) is 123 cm³/mol. The van der Waals surface area contributed by atoms with Gasteiger partial charge in [-0.3, -0.25) is 4.79 Å². The highest BCUT2D eigenvalue weighted by atomic mass is 32.2. The highest BCUT2D eigenvalue weighted by molar-refractivity contribution is 7.99. The zero-order valence-corrected chi connectivity index (χ0v) is 18.9. The molecule has 0 radical (unpaired) electrons. The largest absolute Gasteiger partial charge is 0.508 e. The molecule has 0 saturated heterocycles. The Morgan fingerprint density at radius 1 is 1.16 bits per heavy atom. The Kier molecular flexibility index (Phi) is 8.08. The summed E-state index contributed by atoms with van der Waals surface area (Å²) in [7, 11) is 4.01. The zero-order chi connectivity index (χ0) is 22.2. The number of carbonyl (C=O) groups excluding carboxylic acids is 1. The molecule has 1 aromatic heterocycles. The van der Waals surface area contributed by atoms with E-state index in [1.54, 1.807) is 36.0 Å². The number of phenolic OH excluding ortho intramolecular Hbond substituents is 1. The van der Waals surface area contributed by atoms with Crippen molar-refractivity contribution in [1.82, 2.24) is 20.4 Å². The van der Waals surface area contributed by atoms with Crippen molar-refractivity contribution in [1.29, 1.82) is 0 Å². The van der Waals surface area contributed by atoms with Gasteiger partial charge in [0.25, 0.3) is 5.91 Å². The number of para-hydroxylation sites is 1. The van der Waals surface area contributed by atoms with Crippen molar-refractivity contribution in [2.24, 2.45) is 0 Å². The van der Waals surface area contributed by atoms with Gasteiger partial charge in [0.05, 0.1) is 11.1 Å². The number of nitrogens with zero attached hydrogens (tertiary/aromatic N) is 3. The molecular weight excluding hydrogens is 412 g/mol. The van der Waals surface area contributed by atoms with Crippen LogP contribution in [0.4, 0.5) is 0 Å². The second-order valence-electron chi connectivity index (χ2n) is 7.30. The molecule has 0 spiro atoms. The molecule has 0 bridgehead atoms. The van der Waals surface area contributed by atoms with Crippen LogP contribution in [0.1, 0.15) is 40.4 Å². The monoisotopic (exact) mass is 440 g/mol. The summed E-state index contributed by atoms with van der Waals surface area (Å²) >= 11 is 1.59. The maximum absolute atomic E-state index is 12.7. The van der Waals surface area contributed by atoms with Crippen LogP contribution in [0.5, 0.6) is 5.75 Å². The molecule has 164 valence electrons. The number of hydrogen-bond acceptors (Lipinski definition) is 7. The maximum atomic E-state index is 12.7. The normalized spacial score (nSPS) is 12.1. The van der Waals surface area contributed by atoms with Crippen LogP contribution in [0.25, 0.3) is 11.5 Å². The Bertz CT molecular complexity index is 1010. The number of amides is 1. The summed E-state index contributed by atoms with van der Waals surface area (Å²) < 4.78 is 6.00. The Hall–Kier alpha value is -2.84. The van der Waals surface area contributed by atoms with E-state index in [4.69, 9.17) is 4.42 Å². The molecular formula is C23H28N4O3S. The fourth-order valence-electron chi connectivity index (χ4n) is 3.18. The van der Waals surface area contributed by atoms with Crippen molar-refractivity contribution in [2.45, 2.75) is 18.6 Å². The Morgan fingerprint density at radius 3 is 2.65 bits per heavy atom. The summed E-state index contributed by atoms with van der Waals surface area (Å²) in [5.41, 5.74) is 1.80. The minimum absolute atomic E-state index is 0.172. The van der Waals surface area contributed by atoms with Crippen LogP contribution in [0.3, 0.4) is 0 Å². The smallest absolute Gasteiger partial charge is 0.252 e. The molecule has 8 heteroatoms. The first-order valence-electron chi connectivity index (χ1n) is 10.3. The van der Waals surface area contributed by atoms with Gasteiger partial charge in [0, 0.05) is 12.1 Å². The number of thioether (sulfide) groups is 1. The van der Waals surface area contributed by atoms with Gasteiger partial charge in [-0.2, -0.15) is 0 Å². The predicted octanol–water partition coefficient (Wildman–Crippen LogP) is 3.97. The molecule has 1 unspecified atom stereocenters. The molecule has 3 rings (SSSR count). The fraction of sp³-hybridized carbons (Fsp3) is 0.348. The quantitative estimate of drug-likeness (QED) is 0.461. The summed E-state index contributed by atoms with van der Waals surface area (Å²) in [6.07, 6.45) is 0.863. The molecule has 31 heavy (non-hydrogen) atoms. The van der Waals surface area contributed by atoms with E-state index in [1.165, 1.54) is 0 Å². The highest BCUT2D eigenvalue weighted by Crippen LogP contribution is 2.39. The van der Waals surface area contributed by atoms with Crippen molar-refractivity contribution in [2.75, 3.05) is 32.9 Å². The maximum Gasteiger partial charge on any atom is 0.252 e. The van der Waals surface area contributed by atoms with Gasteiger partial charge in [-0.25, -0.2) is 0 Å². The number of nitrogens with one attached hydrogen (secondary N) is 1. The first-order valence-corrected chi connectivity index (χ1v) is 11.3. The van der Waals surface area contributed by atoms with E-state index in [1.807, 2.05) is 45.3 Å². The van der Waals surface area contributed by atoms with Gasteiger partial charge in [0.15, 0.2) is 0 Å². The van der Waals surface area contributed by atoms with Crippen LogP contribution in [-0.2, 0) is 0 Å². The number of aromatic nitrogens is 2. The van der Waals surface area contributed by atoms with Gasteiger partial charge in [0.1, 0.15) is 11.0 Å². The number of phenols is 1. The lowest BCUT2D eigenvalue weighted by Gasteiger charge is -2.13. The molecule has 2 aromatic carbocycles. The van der Waals surface area contributed by atoms with Gasteiger partial charge in [-0.1, -0.05) is 37.3 Å². The van der Waals surface area contributed by atoms with E-state index in [2.05, 4.69) is 20.4 Å². The van der Waals surface area contributed by atoms with Crippen molar-refractivity contribution >= 4 is 17.7 Å². The third-order valence-corrected chi connectivity index (χ3v) is 5.81. The number of rotatable bonds is 10. The van der Waals surface area contributed by atoms with E-state index in [9.17, 15) is 9.90 Å². The number of aromatic hydroxyl groups is 1. The van der Waals surface area contributed by atoms with Crippen molar-refractivity contribution in [3.05, 3.63) is 65.5 Å². The van der Waals surface area contributed by atoms with E-state index < -0.39 is 0 Å². The van der Waals surface area contributed by atoms with E-state index >= 15 is 0 Å². The average molecular weight is 441 g/mol. The molecule has 0 aliphatic heterocycles. The van der Waals surface area contributed by atoms with Crippen molar-refractivity contribution in [3.63, 3.8) is 0 Å². The lowest BCUT2D eigenvalue weighted by Crippen LogP contribution is -2.27. The lowest BCUT2D eigenvalue weighted by molar-refractivity contribution is 0.0952. The van der Waals surface area contributed by atoms with Crippen LogP contribution >= 0.6 is 11.8 Å². The number of carbonyl (C=O) groups is 1. The third kappa shape index (κ3) is 5.86. The highest BCUT2D eigenvalue weighted by Gasteiger charge is 2.25. The summed E-state index contributed by atoms with van der Waals surface area (Å²) in [6, 6.07) is 14.3. The number of benzene rings is 2. The second kappa shape index (κ2) is 11.0. The summed E-state index contributed by atoms with van der Waals surface area (Å²) in [5, 5.41) is 21.4. The standard InChI is InChI=1S/C23H28N4O3S/c1-4-31-20(18-12-7-8-13-19(18)28)23-26-25-22(30-23)17-11-6-5-10-16(17)21(29)24-14-9-15-27(2)3/h5-8,10-13,20,28H,4,9,14-15H2,1-3H3,(H,24,29). The molecule has 0 saturated carbocycles. The Balaban J connectivity index is 1.83. The molecule has 0 fully saturated rings. The minimum Gasteiger partial charge on any atom is -0.508 e. The van der Waals surface area contributed by atoms with Gasteiger partial charge in [0.2, 0.25) is 11.8 Å². The molecule has 0 aliphatic carbocycles. The average Bonchev–Trinajstić information content (AvgIpc) is 3.25. The first kappa shape index (κ1) is 22.8. The van der Waals surface area contributed by atoms with Gasteiger partial charge < -0.3 is 19.7 Å². The molecule has 3 aromatic rings. The summed E-state index contributed by atoms with van der Waals surface area (Å²) in [5.74, 6) is 1.50. The van der Waals surface area contributed by atoms with Crippen LogP contribution in [0.15, 0.2) is 52.9 Å². The van der Waals surface area contributed by atoms with Gasteiger partial charge in [-0.05, 0) is 51.0 Å². The van der Waals surface area contributed by atoms with Gasteiger partial charge >= 0.3 is 0 Å². The Morgan fingerprint density at radius 2 is 1.90 bits per heavy atom. The fourth-order valence-corrected chi connectivity index (χ4v) is 4.13. The molecule has 1 amide bonds. The molecule has 1 heterocycles. The van der Waals surface area contributed by atoms with Crippen LogP contribution in [-0.4, -0.2) is 59.0 Å². The van der Waals surface area contributed by atoms with Crippen molar-refractivity contribution < 1.29 is 14.3 Å². The molecule has 2 N–H and O–H groups in total. The topological polar surface area (TPSA) is 91.5 Å².